The summed E-state index contributed by atoms with van der Waals surface area (Å²) in [5, 5.41) is 0. The quantitative estimate of drug-likeness (QED) is 0.513. The van der Waals surface area contributed by atoms with Gasteiger partial charge in [-0.15, -0.1) is 0 Å². The lowest BCUT2D eigenvalue weighted by Gasteiger charge is -2.25. The van der Waals surface area contributed by atoms with Crippen molar-refractivity contribution in [3.8, 4) is 5.88 Å². The number of hydrogen-bond donors (Lipinski definition) is 0. The number of methoxy groups -OCH3 is 1. The molecule has 0 aliphatic carbocycles. The van der Waals surface area contributed by atoms with Gasteiger partial charge in [-0.3, -0.25) is 14.2 Å². The molecule has 2 aromatic rings. The van der Waals surface area contributed by atoms with Gasteiger partial charge >= 0.3 is 0 Å². The highest BCUT2D eigenvalue weighted by atomic mass is 16.5. The molecule has 7 nitrogen and oxygen atoms in total. The lowest BCUT2D eigenvalue weighted by Crippen LogP contribution is -2.37. The van der Waals surface area contributed by atoms with Crippen molar-refractivity contribution >= 4 is 22.9 Å². The zero-order chi connectivity index (χ0) is 22.4. The maximum absolute atomic E-state index is 13.3. The van der Waals surface area contributed by atoms with Gasteiger partial charge in [0.15, 0.2) is 11.5 Å². The molecule has 0 spiro atoms. The Balaban J connectivity index is 2.40. The summed E-state index contributed by atoms with van der Waals surface area (Å²) in [5.74, 6) is 1.39. The summed E-state index contributed by atoms with van der Waals surface area (Å²) in [7, 11) is 1.54. The molecular weight excluding hydrogens is 380 g/mol. The molecule has 0 aromatic carbocycles. The van der Waals surface area contributed by atoms with Gasteiger partial charge in [0.1, 0.15) is 12.1 Å². The van der Waals surface area contributed by atoms with Crippen LogP contribution in [0.2, 0.25) is 0 Å². The second-order valence-electron chi connectivity index (χ2n) is 8.98. The third-order valence-corrected chi connectivity index (χ3v) is 5.12. The second-order valence-corrected chi connectivity index (χ2v) is 8.98. The molecule has 0 N–H and O–H groups in total. The number of rotatable bonds is 11. The summed E-state index contributed by atoms with van der Waals surface area (Å²) < 4.78 is 6.90. The fourth-order valence-corrected chi connectivity index (χ4v) is 3.12. The number of carbonyl (C=O) groups is 2. The van der Waals surface area contributed by atoms with E-state index in [1.165, 1.54) is 0 Å². The summed E-state index contributed by atoms with van der Waals surface area (Å²) >= 11 is 0. The minimum Gasteiger partial charge on any atom is -0.481 e. The first kappa shape index (κ1) is 23.8. The number of nitrogens with zero attached hydrogens (tertiary/aromatic N) is 4. The van der Waals surface area contributed by atoms with Crippen LogP contribution in [0.15, 0.2) is 12.1 Å². The standard InChI is InChI=1S/C23H36N4O3/c1-15(2)10-12-26(13-11-16(3)4)20(28)14-27-22-18(8-9-19(25-22)30-7)24-23(27)21(29)17(5)6/h8-9,15-17H,10-14H2,1-7H3. The van der Waals surface area contributed by atoms with Crippen molar-refractivity contribution in [2.24, 2.45) is 17.8 Å². The average Bonchev–Trinajstić information content (AvgIpc) is 3.04. The number of ketones is 1. The molecule has 0 saturated heterocycles. The van der Waals surface area contributed by atoms with Gasteiger partial charge in [-0.1, -0.05) is 41.5 Å². The number of ether oxygens (including phenoxy) is 1. The van der Waals surface area contributed by atoms with E-state index in [9.17, 15) is 9.59 Å². The van der Waals surface area contributed by atoms with Crippen LogP contribution in [0.1, 0.15) is 65.0 Å². The van der Waals surface area contributed by atoms with Crippen molar-refractivity contribution < 1.29 is 14.3 Å². The molecular formula is C23H36N4O3. The van der Waals surface area contributed by atoms with Crippen molar-refractivity contribution in [2.45, 2.75) is 60.9 Å². The Morgan fingerprint density at radius 3 is 2.10 bits per heavy atom. The molecule has 0 bridgehead atoms. The van der Waals surface area contributed by atoms with Crippen LogP contribution >= 0.6 is 0 Å². The Hall–Kier alpha value is -2.44. The van der Waals surface area contributed by atoms with Crippen LogP contribution in [0.4, 0.5) is 0 Å². The number of pyridine rings is 1. The van der Waals surface area contributed by atoms with Crippen molar-refractivity contribution in [2.75, 3.05) is 20.2 Å². The zero-order valence-electron chi connectivity index (χ0n) is 19.4. The molecule has 2 aromatic heterocycles. The molecule has 2 heterocycles. The van der Waals surface area contributed by atoms with Gasteiger partial charge in [0.25, 0.3) is 0 Å². The minimum absolute atomic E-state index is 0.0157. The van der Waals surface area contributed by atoms with Gasteiger partial charge in [0.2, 0.25) is 17.6 Å². The normalized spacial score (nSPS) is 11.7. The van der Waals surface area contributed by atoms with Crippen LogP contribution in [0.5, 0.6) is 5.88 Å². The predicted octanol–water partition coefficient (Wildman–Crippen LogP) is 4.20. The van der Waals surface area contributed by atoms with Gasteiger partial charge in [-0.2, -0.15) is 4.98 Å². The summed E-state index contributed by atoms with van der Waals surface area (Å²) in [5.41, 5.74) is 1.09. The molecule has 1 amide bonds. The molecule has 0 radical (unpaired) electrons. The highest BCUT2D eigenvalue weighted by molar-refractivity contribution is 5.97. The Kier molecular flexibility index (Phi) is 8.38. The number of amides is 1. The summed E-state index contributed by atoms with van der Waals surface area (Å²) in [6.45, 7) is 13.8. The van der Waals surface area contributed by atoms with Gasteiger partial charge in [0, 0.05) is 25.1 Å². The predicted molar refractivity (Wildman–Crippen MR) is 119 cm³/mol. The molecule has 0 aliphatic heterocycles. The van der Waals surface area contributed by atoms with E-state index in [4.69, 9.17) is 4.74 Å². The SMILES string of the molecule is COc1ccc2nc(C(=O)C(C)C)n(CC(=O)N(CCC(C)C)CCC(C)C)c2n1. The Bertz CT molecular complexity index is 859. The molecule has 0 fully saturated rings. The Morgan fingerprint density at radius 2 is 1.60 bits per heavy atom. The first-order chi connectivity index (χ1) is 14.1. The largest absolute Gasteiger partial charge is 0.481 e. The number of aromatic nitrogens is 3. The number of Topliss-reactive ketones (excluding diaryl/α,β-unsaturated/α-hetero) is 1. The van der Waals surface area contributed by atoms with Crippen LogP contribution in [-0.4, -0.2) is 51.3 Å². The van der Waals surface area contributed by atoms with Crippen LogP contribution in [0, 0.1) is 17.8 Å². The fraction of sp³-hybridized carbons (Fsp3) is 0.652. The molecule has 166 valence electrons. The smallest absolute Gasteiger partial charge is 0.242 e. The summed E-state index contributed by atoms with van der Waals surface area (Å²) in [4.78, 5) is 37.0. The van der Waals surface area contributed by atoms with Crippen LogP contribution in [0.3, 0.4) is 0 Å². The Morgan fingerprint density at radius 1 is 1.00 bits per heavy atom. The van der Waals surface area contributed by atoms with E-state index in [-0.39, 0.29) is 30.0 Å². The van der Waals surface area contributed by atoms with Gasteiger partial charge in [0.05, 0.1) is 7.11 Å². The highest BCUT2D eigenvalue weighted by Gasteiger charge is 2.24. The summed E-state index contributed by atoms with van der Waals surface area (Å²) in [6.07, 6.45) is 1.89. The Labute approximate surface area is 179 Å². The third-order valence-electron chi connectivity index (χ3n) is 5.12. The first-order valence-corrected chi connectivity index (χ1v) is 10.9. The van der Waals surface area contributed by atoms with Crippen molar-refractivity contribution in [3.63, 3.8) is 0 Å². The van der Waals surface area contributed by atoms with Crippen molar-refractivity contribution in [1.29, 1.82) is 0 Å². The van der Waals surface area contributed by atoms with Crippen molar-refractivity contribution in [3.05, 3.63) is 18.0 Å². The van der Waals surface area contributed by atoms with Crippen LogP contribution in [0.25, 0.3) is 11.2 Å². The van der Waals surface area contributed by atoms with E-state index in [1.54, 1.807) is 23.8 Å². The lowest BCUT2D eigenvalue weighted by molar-refractivity contribution is -0.132. The van der Waals surface area contributed by atoms with E-state index >= 15 is 0 Å². The van der Waals surface area contributed by atoms with E-state index < -0.39 is 0 Å². The minimum atomic E-state index is -0.226. The topological polar surface area (TPSA) is 77.3 Å². The molecule has 2 rings (SSSR count). The second kappa shape index (κ2) is 10.5. The number of fused-ring (bicyclic) bond motifs is 1. The van der Waals surface area contributed by atoms with Crippen LogP contribution < -0.4 is 4.74 Å². The van der Waals surface area contributed by atoms with Gasteiger partial charge < -0.3 is 9.64 Å². The average molecular weight is 417 g/mol. The third kappa shape index (κ3) is 6.03. The molecule has 0 unspecified atom stereocenters. The van der Waals surface area contributed by atoms with Crippen LogP contribution in [-0.2, 0) is 11.3 Å². The summed E-state index contributed by atoms with van der Waals surface area (Å²) in [6, 6.07) is 3.48. The van der Waals surface area contributed by atoms with E-state index in [2.05, 4.69) is 37.7 Å². The molecule has 0 atom stereocenters. The molecule has 7 heteroatoms. The lowest BCUT2D eigenvalue weighted by atomic mass is 10.1. The van der Waals surface area contributed by atoms with E-state index in [0.717, 1.165) is 12.8 Å². The number of imidazole rings is 1. The maximum Gasteiger partial charge on any atom is 0.242 e. The monoisotopic (exact) mass is 416 g/mol. The first-order valence-electron chi connectivity index (χ1n) is 10.9. The fourth-order valence-electron chi connectivity index (χ4n) is 3.12. The molecule has 0 aliphatic rings. The highest BCUT2D eigenvalue weighted by Crippen LogP contribution is 2.21. The molecule has 0 saturated carbocycles. The zero-order valence-corrected chi connectivity index (χ0v) is 19.4. The maximum atomic E-state index is 13.3. The number of carbonyl (C=O) groups excluding carboxylic acids is 2. The van der Waals surface area contributed by atoms with Gasteiger partial charge in [-0.25, -0.2) is 4.98 Å². The number of hydrogen-bond acceptors (Lipinski definition) is 5. The van der Waals surface area contributed by atoms with E-state index in [1.807, 2.05) is 18.7 Å². The van der Waals surface area contributed by atoms with Crippen molar-refractivity contribution in [1.82, 2.24) is 19.4 Å². The molecule has 30 heavy (non-hydrogen) atoms. The van der Waals surface area contributed by atoms with E-state index in [0.29, 0.717) is 42.0 Å². The van der Waals surface area contributed by atoms with Gasteiger partial charge in [-0.05, 0) is 30.7 Å².